The van der Waals surface area contributed by atoms with Crippen molar-refractivity contribution in [2.75, 3.05) is 6.61 Å². The molecule has 0 aromatic carbocycles. The molecule has 5 N–H and O–H groups in total. The van der Waals surface area contributed by atoms with Crippen LogP contribution < -0.4 is 22.3 Å². The molecule has 0 heterocycles. The molecule has 5 aliphatic rings. The van der Waals surface area contributed by atoms with Gasteiger partial charge in [-0.15, -0.1) is 5.59 Å². The molecule has 5 rings (SSSR count). The molecule has 9 unspecified atom stereocenters. The predicted octanol–water partition coefficient (Wildman–Crippen LogP) is 4.24. The molecule has 7 nitrogen and oxygen atoms in total. The maximum absolute atomic E-state index is 13.1. The first-order valence-corrected chi connectivity index (χ1v) is 14.6. The monoisotopic (exact) mass is 488 g/mol. The molecule has 0 aromatic rings. The minimum atomic E-state index is -0.00955. The van der Waals surface area contributed by atoms with Gasteiger partial charge in [0.25, 0.3) is 0 Å². The highest BCUT2D eigenvalue weighted by Gasteiger charge is 2.58. The lowest BCUT2D eigenvalue weighted by molar-refractivity contribution is -0.135. The normalized spacial score (nSPS) is 42.3. The van der Waals surface area contributed by atoms with Gasteiger partial charge in [-0.1, -0.05) is 46.0 Å². The van der Waals surface area contributed by atoms with Crippen LogP contribution >= 0.6 is 0 Å². The largest absolute Gasteiger partial charge is 0.294 e. The lowest BCUT2D eigenvalue weighted by atomic mass is 9.65. The smallest absolute Gasteiger partial charge is 0.238 e. The number of fused-ring (bicyclic) bond motifs is 4. The Kier molecular flexibility index (Phi) is 7.76. The van der Waals surface area contributed by atoms with Gasteiger partial charge in [-0.05, 0) is 98.2 Å². The summed E-state index contributed by atoms with van der Waals surface area (Å²) < 4.78 is 0. The van der Waals surface area contributed by atoms with Crippen LogP contribution in [0.25, 0.3) is 0 Å². The number of carbonyl (C=O) groups is 2. The zero-order valence-corrected chi connectivity index (χ0v) is 21.9. The van der Waals surface area contributed by atoms with E-state index in [1.807, 2.05) is 0 Å². The minimum Gasteiger partial charge on any atom is -0.294 e. The Morgan fingerprint density at radius 2 is 1.43 bits per heavy atom. The van der Waals surface area contributed by atoms with Crippen molar-refractivity contribution in [1.29, 1.82) is 0 Å². The third kappa shape index (κ3) is 5.02. The predicted molar refractivity (Wildman–Crippen MR) is 135 cm³/mol. The van der Waals surface area contributed by atoms with Crippen LogP contribution in [-0.4, -0.2) is 18.4 Å². The SMILES string of the molecule is CC1(C)C2CC(C(=O)NN)CCC2C2CCC(C(=O)NNOCC3CCCC4CCCCC43)CC21. The molecule has 198 valence electrons. The van der Waals surface area contributed by atoms with Crippen molar-refractivity contribution in [3.63, 3.8) is 0 Å². The van der Waals surface area contributed by atoms with Crippen LogP contribution in [0.4, 0.5) is 0 Å². The average molecular weight is 489 g/mol. The fourth-order valence-electron chi connectivity index (χ4n) is 9.61. The van der Waals surface area contributed by atoms with E-state index >= 15 is 0 Å². The summed E-state index contributed by atoms with van der Waals surface area (Å²) in [6.45, 7) is 5.45. The van der Waals surface area contributed by atoms with E-state index in [1.165, 1.54) is 44.9 Å². The van der Waals surface area contributed by atoms with Crippen molar-refractivity contribution < 1.29 is 14.4 Å². The van der Waals surface area contributed by atoms with Gasteiger partial charge in [0.15, 0.2) is 0 Å². The Hall–Kier alpha value is -1.18. The van der Waals surface area contributed by atoms with Crippen molar-refractivity contribution in [3.8, 4) is 0 Å². The maximum atomic E-state index is 13.1. The second kappa shape index (κ2) is 10.7. The summed E-state index contributed by atoms with van der Waals surface area (Å²) in [5.41, 5.74) is 8.23. The van der Waals surface area contributed by atoms with Gasteiger partial charge in [-0.3, -0.25) is 25.3 Å². The molecule has 2 amide bonds. The highest BCUT2D eigenvalue weighted by Crippen LogP contribution is 2.64. The lowest BCUT2D eigenvalue weighted by Crippen LogP contribution is -2.45. The number of nitrogens with one attached hydrogen (secondary N) is 3. The molecule has 35 heavy (non-hydrogen) atoms. The van der Waals surface area contributed by atoms with E-state index in [4.69, 9.17) is 10.7 Å². The second-order valence-electron chi connectivity index (χ2n) is 13.2. The third-order valence-corrected chi connectivity index (χ3v) is 11.4. The molecule has 9 atom stereocenters. The fraction of sp³-hybridized carbons (Fsp3) is 0.929. The Morgan fingerprint density at radius 3 is 2.11 bits per heavy atom. The number of hydrazine groups is 2. The molecule has 0 spiro atoms. The van der Waals surface area contributed by atoms with Crippen LogP contribution in [0.3, 0.4) is 0 Å². The maximum Gasteiger partial charge on any atom is 0.238 e. The van der Waals surface area contributed by atoms with E-state index < -0.39 is 0 Å². The van der Waals surface area contributed by atoms with E-state index in [2.05, 4.69) is 30.3 Å². The summed E-state index contributed by atoms with van der Waals surface area (Å²) in [6, 6.07) is 0. The molecule has 0 saturated heterocycles. The number of carbonyl (C=O) groups excluding carboxylic acids is 2. The van der Waals surface area contributed by atoms with Gasteiger partial charge in [0.2, 0.25) is 11.8 Å². The molecule has 0 aromatic heterocycles. The van der Waals surface area contributed by atoms with Crippen molar-refractivity contribution in [2.24, 2.45) is 64.5 Å². The highest BCUT2D eigenvalue weighted by molar-refractivity contribution is 5.78. The summed E-state index contributed by atoms with van der Waals surface area (Å²) in [5, 5.41) is 0. The zero-order chi connectivity index (χ0) is 24.6. The fourth-order valence-corrected chi connectivity index (χ4v) is 9.61. The van der Waals surface area contributed by atoms with Gasteiger partial charge < -0.3 is 0 Å². The van der Waals surface area contributed by atoms with Gasteiger partial charge in [0.05, 0.1) is 6.61 Å². The minimum absolute atomic E-state index is 0.00955. The van der Waals surface area contributed by atoms with E-state index in [0.717, 1.165) is 50.4 Å². The van der Waals surface area contributed by atoms with E-state index in [1.54, 1.807) is 0 Å². The Bertz CT molecular complexity index is 771. The number of rotatable bonds is 6. The molecular weight excluding hydrogens is 440 g/mol. The van der Waals surface area contributed by atoms with Crippen LogP contribution in [0.5, 0.6) is 0 Å². The number of hydrogen-bond donors (Lipinski definition) is 4. The number of amides is 2. The third-order valence-electron chi connectivity index (χ3n) is 11.4. The Labute approximate surface area is 211 Å². The molecule has 0 bridgehead atoms. The van der Waals surface area contributed by atoms with Crippen LogP contribution in [0.2, 0.25) is 0 Å². The second-order valence-corrected chi connectivity index (χ2v) is 13.2. The van der Waals surface area contributed by atoms with Gasteiger partial charge in [-0.2, -0.15) is 0 Å². The molecule has 0 aliphatic heterocycles. The van der Waals surface area contributed by atoms with Crippen molar-refractivity contribution in [1.82, 2.24) is 16.4 Å². The molecular formula is C28H48N4O3. The Morgan fingerprint density at radius 1 is 0.800 bits per heavy atom. The van der Waals surface area contributed by atoms with Gasteiger partial charge in [-0.25, -0.2) is 5.84 Å². The Balaban J connectivity index is 1.10. The summed E-state index contributed by atoms with van der Waals surface area (Å²) in [4.78, 5) is 31.1. The molecule has 5 saturated carbocycles. The highest BCUT2D eigenvalue weighted by atomic mass is 16.7. The van der Waals surface area contributed by atoms with E-state index in [0.29, 0.717) is 36.2 Å². The van der Waals surface area contributed by atoms with Gasteiger partial charge in [0, 0.05) is 11.8 Å². The summed E-state index contributed by atoms with van der Waals surface area (Å²) in [7, 11) is 0. The van der Waals surface area contributed by atoms with Crippen molar-refractivity contribution in [3.05, 3.63) is 0 Å². The number of hydrogen-bond acceptors (Lipinski definition) is 5. The van der Waals surface area contributed by atoms with E-state index in [9.17, 15) is 9.59 Å². The standard InChI is InChI=1S/C28H48N4O3/c1-28(2)24-14-18(26(33)30-29)10-12-22(24)23-13-11-19(15-25(23)28)27(34)31-32-35-16-20-8-5-7-17-6-3-4-9-21(17)20/h17-25,32H,3-16,29H2,1-2H3,(H,30,33)(H,31,34). The molecule has 0 radical (unpaired) electrons. The molecule has 5 fully saturated rings. The number of nitrogens with two attached hydrogens (primary N) is 1. The molecule has 7 heteroatoms. The van der Waals surface area contributed by atoms with Gasteiger partial charge >= 0.3 is 0 Å². The average Bonchev–Trinajstić information content (AvgIpc) is 3.11. The summed E-state index contributed by atoms with van der Waals surface area (Å²) in [6.07, 6.45) is 15.5. The van der Waals surface area contributed by atoms with E-state index in [-0.39, 0.29) is 29.1 Å². The first kappa shape index (κ1) is 25.5. The first-order chi connectivity index (χ1) is 16.9. The van der Waals surface area contributed by atoms with Crippen LogP contribution in [0.15, 0.2) is 0 Å². The molecule has 5 aliphatic carbocycles. The van der Waals surface area contributed by atoms with Crippen LogP contribution in [0.1, 0.15) is 97.3 Å². The summed E-state index contributed by atoms with van der Waals surface area (Å²) in [5.74, 6) is 10.3. The lowest BCUT2D eigenvalue weighted by Gasteiger charge is -2.41. The van der Waals surface area contributed by atoms with Crippen LogP contribution in [-0.2, 0) is 14.4 Å². The zero-order valence-electron chi connectivity index (χ0n) is 21.9. The van der Waals surface area contributed by atoms with Crippen molar-refractivity contribution in [2.45, 2.75) is 97.3 Å². The topological polar surface area (TPSA) is 105 Å². The van der Waals surface area contributed by atoms with Crippen molar-refractivity contribution >= 4 is 11.8 Å². The van der Waals surface area contributed by atoms with Crippen LogP contribution in [0, 0.1) is 58.7 Å². The quantitative estimate of drug-likeness (QED) is 0.194. The summed E-state index contributed by atoms with van der Waals surface area (Å²) >= 11 is 0. The van der Waals surface area contributed by atoms with Gasteiger partial charge in [0.1, 0.15) is 0 Å². The first-order valence-electron chi connectivity index (χ1n) is 14.6.